The number of halogens is 3. The number of alkyl halides is 3. The Labute approximate surface area is 123 Å². The van der Waals surface area contributed by atoms with E-state index in [0.29, 0.717) is 5.69 Å². The molecule has 0 spiro atoms. The first-order chi connectivity index (χ1) is 10.2. The highest BCUT2D eigenvalue weighted by Gasteiger charge is 2.28. The topological polar surface area (TPSA) is 73.0 Å². The van der Waals surface area contributed by atoms with Crippen molar-refractivity contribution in [2.75, 3.05) is 5.32 Å². The molecule has 6 nitrogen and oxygen atoms in total. The number of anilines is 1. The van der Waals surface area contributed by atoms with Crippen LogP contribution in [0.5, 0.6) is 0 Å². The molecule has 9 heteroatoms. The van der Waals surface area contributed by atoms with E-state index < -0.39 is 17.6 Å². The summed E-state index contributed by atoms with van der Waals surface area (Å²) < 4.78 is 37.5. The number of nitrogens with zero attached hydrogens (tertiary/aromatic N) is 3. The number of nitro groups is 1. The van der Waals surface area contributed by atoms with E-state index in [1.807, 2.05) is 0 Å². The summed E-state index contributed by atoms with van der Waals surface area (Å²) in [5.41, 5.74) is 1.19. The van der Waals surface area contributed by atoms with E-state index in [1.54, 1.807) is 19.1 Å². The van der Waals surface area contributed by atoms with Gasteiger partial charge < -0.3 is 5.32 Å². The van der Waals surface area contributed by atoms with Crippen molar-refractivity contribution in [1.29, 1.82) is 0 Å². The highest BCUT2D eigenvalue weighted by Crippen LogP contribution is 2.22. The summed E-state index contributed by atoms with van der Waals surface area (Å²) >= 11 is 0. The molecule has 1 heterocycles. The van der Waals surface area contributed by atoms with Crippen molar-refractivity contribution in [1.82, 2.24) is 9.78 Å². The van der Waals surface area contributed by atoms with Crippen molar-refractivity contribution in [3.63, 3.8) is 0 Å². The molecule has 0 unspecified atom stereocenters. The Kier molecular flexibility index (Phi) is 4.34. The van der Waals surface area contributed by atoms with Gasteiger partial charge >= 0.3 is 6.18 Å². The fraction of sp³-hybridized carbons (Fsp3) is 0.308. The molecule has 0 aliphatic rings. The van der Waals surface area contributed by atoms with Crippen LogP contribution in [0.15, 0.2) is 36.7 Å². The first-order valence-corrected chi connectivity index (χ1v) is 6.35. The molecule has 1 aromatic heterocycles. The lowest BCUT2D eigenvalue weighted by Gasteiger charge is -2.13. The van der Waals surface area contributed by atoms with Crippen LogP contribution < -0.4 is 5.32 Å². The van der Waals surface area contributed by atoms with Crippen molar-refractivity contribution < 1.29 is 18.1 Å². The number of nitro benzene ring substituents is 1. The third-order valence-electron chi connectivity index (χ3n) is 2.96. The maximum atomic E-state index is 12.2. The lowest BCUT2D eigenvalue weighted by molar-refractivity contribution is -0.384. The zero-order valence-corrected chi connectivity index (χ0v) is 11.5. The van der Waals surface area contributed by atoms with Crippen molar-refractivity contribution >= 4 is 11.4 Å². The number of hydrogen-bond acceptors (Lipinski definition) is 4. The third-order valence-corrected chi connectivity index (χ3v) is 2.96. The summed E-state index contributed by atoms with van der Waals surface area (Å²) in [6, 6.07) is 5.71. The molecule has 0 aliphatic carbocycles. The predicted octanol–water partition coefficient (Wildman–Crippen LogP) is 3.53. The average molecular weight is 314 g/mol. The molecule has 22 heavy (non-hydrogen) atoms. The van der Waals surface area contributed by atoms with Gasteiger partial charge in [0, 0.05) is 24.4 Å². The summed E-state index contributed by atoms with van der Waals surface area (Å²) in [5.74, 6) is 0. The van der Waals surface area contributed by atoms with Gasteiger partial charge in [-0.05, 0) is 12.5 Å². The quantitative estimate of drug-likeness (QED) is 0.677. The van der Waals surface area contributed by atoms with Gasteiger partial charge in [-0.15, -0.1) is 0 Å². The summed E-state index contributed by atoms with van der Waals surface area (Å²) in [5, 5.41) is 17.2. The Hall–Kier alpha value is -2.58. The second kappa shape index (κ2) is 6.04. The van der Waals surface area contributed by atoms with Gasteiger partial charge in [-0.3, -0.25) is 14.8 Å². The molecule has 0 saturated heterocycles. The number of rotatable bonds is 5. The summed E-state index contributed by atoms with van der Waals surface area (Å²) in [6.45, 7) is 0.642. The van der Waals surface area contributed by atoms with Gasteiger partial charge in [-0.25, -0.2) is 0 Å². The highest BCUT2D eigenvalue weighted by molar-refractivity contribution is 5.43. The van der Waals surface area contributed by atoms with E-state index in [1.165, 1.54) is 24.5 Å². The van der Waals surface area contributed by atoms with E-state index in [9.17, 15) is 23.3 Å². The lowest BCUT2D eigenvalue weighted by atomic mass is 10.1. The molecule has 2 aromatic rings. The lowest BCUT2D eigenvalue weighted by Crippen LogP contribution is -2.17. The monoisotopic (exact) mass is 314 g/mol. The Morgan fingerprint density at radius 2 is 2.00 bits per heavy atom. The summed E-state index contributed by atoms with van der Waals surface area (Å²) in [6.07, 6.45) is -1.77. The van der Waals surface area contributed by atoms with E-state index in [2.05, 4.69) is 10.4 Å². The number of aromatic nitrogens is 2. The molecular weight excluding hydrogens is 301 g/mol. The fourth-order valence-corrected chi connectivity index (χ4v) is 1.93. The fourth-order valence-electron chi connectivity index (χ4n) is 1.93. The first-order valence-electron chi connectivity index (χ1n) is 6.35. The molecule has 0 bridgehead atoms. The molecule has 1 atom stereocenters. The maximum absolute atomic E-state index is 12.2. The molecule has 1 N–H and O–H groups in total. The Balaban J connectivity index is 2.02. The van der Waals surface area contributed by atoms with Crippen LogP contribution in [0, 0.1) is 10.1 Å². The molecule has 118 valence electrons. The third kappa shape index (κ3) is 4.21. The first kappa shape index (κ1) is 15.8. The normalized spacial score (nSPS) is 12.9. The highest BCUT2D eigenvalue weighted by atomic mass is 19.4. The minimum Gasteiger partial charge on any atom is -0.376 e. The van der Waals surface area contributed by atoms with Gasteiger partial charge in [0.15, 0.2) is 0 Å². The number of benzene rings is 1. The van der Waals surface area contributed by atoms with Crippen LogP contribution in [0.1, 0.15) is 18.5 Å². The standard InChI is InChI=1S/C13H13F3N4O2/c1-9(10-2-4-12(5-3-10)20(21)22)18-11-6-17-19(7-11)8-13(14,15)16/h2-7,9,18H,8H2,1H3/t9-/m1/s1. The van der Waals surface area contributed by atoms with Crippen LogP contribution >= 0.6 is 0 Å². The zero-order valence-electron chi connectivity index (χ0n) is 11.5. The van der Waals surface area contributed by atoms with Crippen LogP contribution in [0.4, 0.5) is 24.5 Å². The molecule has 0 amide bonds. The molecule has 0 saturated carbocycles. The van der Waals surface area contributed by atoms with Crippen molar-refractivity contribution in [2.45, 2.75) is 25.7 Å². The SMILES string of the molecule is C[C@@H](Nc1cnn(CC(F)(F)F)c1)c1ccc([N+](=O)[O-])cc1. The number of nitrogens with one attached hydrogen (secondary N) is 1. The van der Waals surface area contributed by atoms with E-state index >= 15 is 0 Å². The van der Waals surface area contributed by atoms with Crippen molar-refractivity contribution in [3.8, 4) is 0 Å². The van der Waals surface area contributed by atoms with Crippen LogP contribution in [0.2, 0.25) is 0 Å². The largest absolute Gasteiger partial charge is 0.408 e. The van der Waals surface area contributed by atoms with Gasteiger partial charge in [-0.1, -0.05) is 12.1 Å². The van der Waals surface area contributed by atoms with Gasteiger partial charge in [0.2, 0.25) is 0 Å². The Morgan fingerprint density at radius 3 is 2.55 bits per heavy atom. The summed E-state index contributed by atoms with van der Waals surface area (Å²) in [7, 11) is 0. The van der Waals surface area contributed by atoms with Crippen LogP contribution in [0.25, 0.3) is 0 Å². The van der Waals surface area contributed by atoms with Crippen LogP contribution in [-0.2, 0) is 6.54 Å². The molecular formula is C13H13F3N4O2. The van der Waals surface area contributed by atoms with Gasteiger partial charge in [0.25, 0.3) is 5.69 Å². The van der Waals surface area contributed by atoms with E-state index in [0.717, 1.165) is 10.2 Å². The number of hydrogen-bond donors (Lipinski definition) is 1. The summed E-state index contributed by atoms with van der Waals surface area (Å²) in [4.78, 5) is 10.1. The molecule has 0 radical (unpaired) electrons. The second-order valence-corrected chi connectivity index (χ2v) is 4.76. The minimum absolute atomic E-state index is 0.0195. The maximum Gasteiger partial charge on any atom is 0.408 e. The predicted molar refractivity (Wildman–Crippen MR) is 73.4 cm³/mol. The molecule has 2 rings (SSSR count). The van der Waals surface area contributed by atoms with Gasteiger partial charge in [0.05, 0.1) is 16.8 Å². The Bertz CT molecular complexity index is 652. The Morgan fingerprint density at radius 1 is 1.36 bits per heavy atom. The average Bonchev–Trinajstić information content (AvgIpc) is 2.83. The molecule has 1 aromatic carbocycles. The zero-order chi connectivity index (χ0) is 16.3. The van der Waals surface area contributed by atoms with Crippen molar-refractivity contribution in [3.05, 3.63) is 52.3 Å². The van der Waals surface area contributed by atoms with E-state index in [-0.39, 0.29) is 11.7 Å². The van der Waals surface area contributed by atoms with Crippen LogP contribution in [-0.4, -0.2) is 20.9 Å². The van der Waals surface area contributed by atoms with Crippen LogP contribution in [0.3, 0.4) is 0 Å². The van der Waals surface area contributed by atoms with Gasteiger partial charge in [0.1, 0.15) is 6.54 Å². The minimum atomic E-state index is -4.33. The molecule has 0 fully saturated rings. The van der Waals surface area contributed by atoms with Crippen molar-refractivity contribution in [2.24, 2.45) is 0 Å². The van der Waals surface area contributed by atoms with Gasteiger partial charge in [-0.2, -0.15) is 18.3 Å². The second-order valence-electron chi connectivity index (χ2n) is 4.76. The number of non-ortho nitro benzene ring substituents is 1. The van der Waals surface area contributed by atoms with E-state index in [4.69, 9.17) is 0 Å². The molecule has 0 aliphatic heterocycles. The smallest absolute Gasteiger partial charge is 0.376 e.